The first-order chi connectivity index (χ1) is 9.14. The molecule has 3 rings (SSSR count). The van der Waals surface area contributed by atoms with Crippen LogP contribution in [0.1, 0.15) is 49.2 Å². The number of nitrogens with zero attached hydrogens (tertiary/aromatic N) is 1. The lowest BCUT2D eigenvalue weighted by Crippen LogP contribution is -2.37. The molecule has 0 unspecified atom stereocenters. The van der Waals surface area contributed by atoms with Crippen LogP contribution in [0.3, 0.4) is 0 Å². The summed E-state index contributed by atoms with van der Waals surface area (Å²) in [5, 5.41) is 1.23. The Morgan fingerprint density at radius 3 is 2.58 bits per heavy atom. The van der Waals surface area contributed by atoms with Crippen LogP contribution in [0, 0.1) is 12.3 Å². The molecule has 0 N–H and O–H groups in total. The summed E-state index contributed by atoms with van der Waals surface area (Å²) in [4.78, 5) is 13.0. The highest BCUT2D eigenvalue weighted by Gasteiger charge is 2.41. The van der Waals surface area contributed by atoms with Crippen LogP contribution in [0.5, 0.6) is 0 Å². The molecule has 1 aliphatic rings. The molecule has 1 aliphatic heterocycles. The summed E-state index contributed by atoms with van der Waals surface area (Å²) in [5.41, 5.74) is 3.20. The molecule has 0 bridgehead atoms. The van der Waals surface area contributed by atoms with Gasteiger partial charge >= 0.3 is 0 Å². The second-order valence-corrected chi connectivity index (χ2v) is 5.71. The molecule has 0 saturated heterocycles. The van der Waals surface area contributed by atoms with Crippen molar-refractivity contribution in [2.24, 2.45) is 5.41 Å². The van der Waals surface area contributed by atoms with Crippen LogP contribution in [0.25, 0.3) is 10.9 Å². The highest BCUT2D eigenvalue weighted by molar-refractivity contribution is 6.06. The summed E-state index contributed by atoms with van der Waals surface area (Å²) < 4.78 is 2.23. The molecule has 0 spiro atoms. The van der Waals surface area contributed by atoms with Gasteiger partial charge < -0.3 is 4.57 Å². The Bertz CT molecular complexity index is 647. The molecule has 0 atom stereocenters. The van der Waals surface area contributed by atoms with Crippen LogP contribution in [0.4, 0.5) is 0 Å². The summed E-state index contributed by atoms with van der Waals surface area (Å²) >= 11 is 0. The molecule has 1 aromatic heterocycles. The lowest BCUT2D eigenvalue weighted by Gasteiger charge is -2.35. The van der Waals surface area contributed by atoms with Gasteiger partial charge in [-0.2, -0.15) is 0 Å². The molecule has 0 amide bonds. The molecule has 2 nitrogen and oxygen atoms in total. The summed E-state index contributed by atoms with van der Waals surface area (Å²) in [6.45, 7) is 7.36. The zero-order valence-electron chi connectivity index (χ0n) is 12.0. The molecule has 100 valence electrons. The van der Waals surface area contributed by atoms with E-state index in [0.717, 1.165) is 37.1 Å². The third kappa shape index (κ3) is 1.52. The summed E-state index contributed by atoms with van der Waals surface area (Å²) in [6.07, 6.45) is 2.87. The molecule has 2 aromatic rings. The number of Topliss-reactive ketones (excluding diaryl/α,β-unsaturated/α-hetero) is 1. The Morgan fingerprint density at radius 1 is 1.21 bits per heavy atom. The third-order valence-corrected chi connectivity index (χ3v) is 5.09. The van der Waals surface area contributed by atoms with E-state index in [0.29, 0.717) is 5.78 Å². The van der Waals surface area contributed by atoms with E-state index in [4.69, 9.17) is 0 Å². The molecule has 2 heterocycles. The predicted molar refractivity (Wildman–Crippen MR) is 78.6 cm³/mol. The van der Waals surface area contributed by atoms with Crippen molar-refractivity contribution in [3.05, 3.63) is 35.5 Å². The summed E-state index contributed by atoms with van der Waals surface area (Å²) in [6, 6.07) is 8.37. The number of hydrogen-bond donors (Lipinski definition) is 0. The first-order valence-electron chi connectivity index (χ1n) is 7.27. The average molecular weight is 255 g/mol. The van der Waals surface area contributed by atoms with E-state index in [1.807, 2.05) is 0 Å². The average Bonchev–Trinajstić information content (AvgIpc) is 2.74. The van der Waals surface area contributed by atoms with Crippen molar-refractivity contribution in [3.8, 4) is 0 Å². The van der Waals surface area contributed by atoms with Crippen LogP contribution in [0.15, 0.2) is 24.3 Å². The number of benzene rings is 1. The second kappa shape index (κ2) is 4.22. The van der Waals surface area contributed by atoms with Gasteiger partial charge in [0, 0.05) is 22.9 Å². The minimum atomic E-state index is -0.130. The van der Waals surface area contributed by atoms with E-state index in [-0.39, 0.29) is 5.41 Å². The predicted octanol–water partition coefficient (Wildman–Crippen LogP) is 4.34. The minimum absolute atomic E-state index is 0.130. The molecule has 0 radical (unpaired) electrons. The van der Waals surface area contributed by atoms with Gasteiger partial charge in [0.2, 0.25) is 0 Å². The normalized spacial score (nSPS) is 17.7. The first kappa shape index (κ1) is 12.5. The Balaban J connectivity index is 2.28. The van der Waals surface area contributed by atoms with Crippen molar-refractivity contribution < 1.29 is 4.79 Å². The second-order valence-electron chi connectivity index (χ2n) is 5.71. The number of carbonyl (C=O) groups is 1. The quantitative estimate of drug-likeness (QED) is 0.782. The van der Waals surface area contributed by atoms with Crippen LogP contribution in [-0.2, 0) is 6.54 Å². The van der Waals surface area contributed by atoms with Crippen LogP contribution in [0.2, 0.25) is 0 Å². The van der Waals surface area contributed by atoms with Gasteiger partial charge in [-0.3, -0.25) is 4.79 Å². The molecule has 0 saturated carbocycles. The maximum absolute atomic E-state index is 13.0. The van der Waals surface area contributed by atoms with Crippen molar-refractivity contribution in [1.29, 1.82) is 0 Å². The SMILES string of the molecule is CCC1(CC)CCn2c(c(C)c3ccccc32)C1=O. The first-order valence-corrected chi connectivity index (χ1v) is 7.27. The van der Waals surface area contributed by atoms with Crippen molar-refractivity contribution in [3.63, 3.8) is 0 Å². The molecule has 19 heavy (non-hydrogen) atoms. The number of aryl methyl sites for hydroxylation is 2. The number of ketones is 1. The molecule has 1 aromatic carbocycles. The third-order valence-electron chi connectivity index (χ3n) is 5.09. The summed E-state index contributed by atoms with van der Waals surface area (Å²) in [7, 11) is 0. The van der Waals surface area contributed by atoms with Crippen molar-refractivity contribution >= 4 is 16.7 Å². The smallest absolute Gasteiger partial charge is 0.185 e. The van der Waals surface area contributed by atoms with Gasteiger partial charge in [0.15, 0.2) is 5.78 Å². The highest BCUT2D eigenvalue weighted by atomic mass is 16.1. The van der Waals surface area contributed by atoms with Gasteiger partial charge in [-0.05, 0) is 37.8 Å². The number of fused-ring (bicyclic) bond motifs is 3. The van der Waals surface area contributed by atoms with Gasteiger partial charge in [-0.15, -0.1) is 0 Å². The lowest BCUT2D eigenvalue weighted by molar-refractivity contribution is 0.0701. The van der Waals surface area contributed by atoms with E-state index in [2.05, 4.69) is 49.6 Å². The van der Waals surface area contributed by atoms with Gasteiger partial charge in [0.1, 0.15) is 0 Å². The van der Waals surface area contributed by atoms with E-state index in [1.165, 1.54) is 10.9 Å². The molecular formula is C17H21NO. The number of hydrogen-bond acceptors (Lipinski definition) is 1. The van der Waals surface area contributed by atoms with Gasteiger partial charge in [0.05, 0.1) is 5.69 Å². The van der Waals surface area contributed by atoms with Crippen LogP contribution in [-0.4, -0.2) is 10.4 Å². The van der Waals surface area contributed by atoms with E-state index >= 15 is 0 Å². The molecular weight excluding hydrogens is 234 g/mol. The number of rotatable bonds is 2. The van der Waals surface area contributed by atoms with E-state index in [1.54, 1.807) is 0 Å². The van der Waals surface area contributed by atoms with Gasteiger partial charge in [-0.1, -0.05) is 32.0 Å². The fraction of sp³-hybridized carbons (Fsp3) is 0.471. The highest BCUT2D eigenvalue weighted by Crippen LogP contribution is 2.42. The van der Waals surface area contributed by atoms with Gasteiger partial charge in [0.25, 0.3) is 0 Å². The zero-order valence-corrected chi connectivity index (χ0v) is 12.0. The monoisotopic (exact) mass is 255 g/mol. The summed E-state index contributed by atoms with van der Waals surface area (Å²) in [5.74, 6) is 0.359. The fourth-order valence-electron chi connectivity index (χ4n) is 3.62. The van der Waals surface area contributed by atoms with Crippen LogP contribution < -0.4 is 0 Å². The lowest BCUT2D eigenvalue weighted by atomic mass is 9.72. The number of carbonyl (C=O) groups excluding carboxylic acids is 1. The van der Waals surface area contributed by atoms with Gasteiger partial charge in [-0.25, -0.2) is 0 Å². The fourth-order valence-corrected chi connectivity index (χ4v) is 3.62. The zero-order chi connectivity index (χ0) is 13.6. The molecule has 0 fully saturated rings. The van der Waals surface area contributed by atoms with Crippen molar-refractivity contribution in [2.45, 2.75) is 46.6 Å². The Morgan fingerprint density at radius 2 is 1.89 bits per heavy atom. The van der Waals surface area contributed by atoms with Crippen LogP contribution >= 0.6 is 0 Å². The number of para-hydroxylation sites is 1. The number of aromatic nitrogens is 1. The Labute approximate surface area is 114 Å². The topological polar surface area (TPSA) is 22.0 Å². The maximum Gasteiger partial charge on any atom is 0.185 e. The van der Waals surface area contributed by atoms with Crippen molar-refractivity contribution in [1.82, 2.24) is 4.57 Å². The Kier molecular flexibility index (Phi) is 2.77. The molecule has 0 aliphatic carbocycles. The standard InChI is InChI=1S/C17H21NO/c1-4-17(5-2)10-11-18-14-9-7-6-8-13(14)12(3)15(18)16(17)19/h6-9H,4-5,10-11H2,1-3H3. The maximum atomic E-state index is 13.0. The molecule has 2 heteroatoms. The Hall–Kier alpha value is -1.57. The van der Waals surface area contributed by atoms with Crippen molar-refractivity contribution in [2.75, 3.05) is 0 Å². The largest absolute Gasteiger partial charge is 0.338 e. The minimum Gasteiger partial charge on any atom is -0.338 e. The van der Waals surface area contributed by atoms with E-state index < -0.39 is 0 Å². The van der Waals surface area contributed by atoms with E-state index in [9.17, 15) is 4.79 Å².